The Bertz CT molecular complexity index is 671. The van der Waals surface area contributed by atoms with Gasteiger partial charge >= 0.3 is 0 Å². The summed E-state index contributed by atoms with van der Waals surface area (Å²) in [6, 6.07) is 17.5. The molecule has 0 saturated carbocycles. The lowest BCUT2D eigenvalue weighted by Crippen LogP contribution is -2.30. The summed E-state index contributed by atoms with van der Waals surface area (Å²) in [6.45, 7) is 2.32. The number of amides is 2. The van der Waals surface area contributed by atoms with E-state index in [9.17, 15) is 9.59 Å². The second-order valence-electron chi connectivity index (χ2n) is 5.55. The van der Waals surface area contributed by atoms with Crippen molar-refractivity contribution in [3.8, 4) is 0 Å². The Labute approximate surface area is 142 Å². The summed E-state index contributed by atoms with van der Waals surface area (Å²) < 4.78 is 0. The molecule has 5 heteroatoms. The molecule has 3 N–H and O–H groups in total. The Kier molecular flexibility index (Phi) is 6.83. The minimum atomic E-state index is -0.122. The zero-order valence-electron chi connectivity index (χ0n) is 13.8. The van der Waals surface area contributed by atoms with Crippen molar-refractivity contribution in [1.29, 1.82) is 0 Å². The van der Waals surface area contributed by atoms with E-state index in [1.54, 1.807) is 12.1 Å². The van der Waals surface area contributed by atoms with Crippen LogP contribution in [0.3, 0.4) is 0 Å². The highest BCUT2D eigenvalue weighted by molar-refractivity contribution is 5.89. The molecule has 0 atom stereocenters. The van der Waals surface area contributed by atoms with Crippen LogP contribution in [0.5, 0.6) is 0 Å². The molecule has 0 radical (unpaired) electrons. The lowest BCUT2D eigenvalue weighted by Gasteiger charge is -2.09. The molecule has 0 unspecified atom stereocenters. The Morgan fingerprint density at radius 3 is 2.46 bits per heavy atom. The lowest BCUT2D eigenvalue weighted by atomic mass is 10.1. The fraction of sp³-hybridized carbons (Fsp3) is 0.263. The van der Waals surface area contributed by atoms with Gasteiger partial charge in [0.1, 0.15) is 0 Å². The van der Waals surface area contributed by atoms with Gasteiger partial charge in [-0.3, -0.25) is 9.59 Å². The number of anilines is 2. The minimum Gasteiger partial charge on any atom is -0.376 e. The van der Waals surface area contributed by atoms with E-state index in [4.69, 9.17) is 0 Å². The fourth-order valence-corrected chi connectivity index (χ4v) is 2.32. The van der Waals surface area contributed by atoms with Gasteiger partial charge in [0.15, 0.2) is 0 Å². The van der Waals surface area contributed by atoms with Crippen LogP contribution in [0.15, 0.2) is 54.6 Å². The SMILES string of the molecule is CC(=O)Nc1cccc(NCC(=O)NCCCc2ccccc2)c1. The molecule has 0 aliphatic carbocycles. The topological polar surface area (TPSA) is 70.2 Å². The van der Waals surface area contributed by atoms with E-state index in [0.717, 1.165) is 18.5 Å². The van der Waals surface area contributed by atoms with E-state index in [1.165, 1.54) is 12.5 Å². The standard InChI is InChI=1S/C19H23N3O2/c1-15(23)22-18-11-5-10-17(13-18)21-14-19(24)20-12-6-9-16-7-3-2-4-8-16/h2-5,7-8,10-11,13,21H,6,9,12,14H2,1H3,(H,20,24)(H,22,23). The predicted molar refractivity (Wildman–Crippen MR) is 97.0 cm³/mol. The first-order valence-corrected chi connectivity index (χ1v) is 8.05. The van der Waals surface area contributed by atoms with Crippen molar-refractivity contribution in [1.82, 2.24) is 5.32 Å². The minimum absolute atomic E-state index is 0.0482. The quantitative estimate of drug-likeness (QED) is 0.654. The lowest BCUT2D eigenvalue weighted by molar-refractivity contribution is -0.119. The van der Waals surface area contributed by atoms with Crippen LogP contribution >= 0.6 is 0 Å². The molecule has 2 aromatic rings. The van der Waals surface area contributed by atoms with E-state index in [1.807, 2.05) is 30.3 Å². The predicted octanol–water partition coefficient (Wildman–Crippen LogP) is 2.81. The molecule has 0 heterocycles. The van der Waals surface area contributed by atoms with Crippen molar-refractivity contribution in [2.45, 2.75) is 19.8 Å². The normalized spacial score (nSPS) is 10.0. The van der Waals surface area contributed by atoms with Gasteiger partial charge in [-0.25, -0.2) is 0 Å². The van der Waals surface area contributed by atoms with Gasteiger partial charge < -0.3 is 16.0 Å². The van der Waals surface area contributed by atoms with Gasteiger partial charge in [-0.2, -0.15) is 0 Å². The molecular weight excluding hydrogens is 302 g/mol. The van der Waals surface area contributed by atoms with Crippen LogP contribution in [0, 0.1) is 0 Å². The zero-order chi connectivity index (χ0) is 17.2. The summed E-state index contributed by atoms with van der Waals surface area (Å²) in [7, 11) is 0. The number of rotatable bonds is 8. The zero-order valence-corrected chi connectivity index (χ0v) is 13.8. The maximum atomic E-state index is 11.8. The second kappa shape index (κ2) is 9.35. The summed E-state index contributed by atoms with van der Waals surface area (Å²) in [6.07, 6.45) is 1.86. The number of carbonyl (C=O) groups excluding carboxylic acids is 2. The van der Waals surface area contributed by atoms with E-state index in [2.05, 4.69) is 28.1 Å². The number of hydrogen-bond donors (Lipinski definition) is 3. The molecule has 0 aromatic heterocycles. The Morgan fingerprint density at radius 1 is 0.958 bits per heavy atom. The van der Waals surface area contributed by atoms with Crippen molar-refractivity contribution in [2.75, 3.05) is 23.7 Å². The summed E-state index contributed by atoms with van der Waals surface area (Å²) in [5.74, 6) is -0.170. The van der Waals surface area contributed by atoms with E-state index < -0.39 is 0 Å². The second-order valence-corrected chi connectivity index (χ2v) is 5.55. The molecule has 2 aromatic carbocycles. The molecule has 0 fully saturated rings. The first kappa shape index (κ1) is 17.5. The third kappa shape index (κ3) is 6.52. The molecule has 126 valence electrons. The molecule has 0 aliphatic rings. The van der Waals surface area contributed by atoms with E-state index in [0.29, 0.717) is 12.2 Å². The summed E-state index contributed by atoms with van der Waals surface area (Å²) in [4.78, 5) is 22.9. The average molecular weight is 325 g/mol. The molecule has 0 aliphatic heterocycles. The van der Waals surface area contributed by atoms with Gasteiger partial charge in [-0.05, 0) is 36.6 Å². The van der Waals surface area contributed by atoms with Crippen molar-refractivity contribution in [2.24, 2.45) is 0 Å². The monoisotopic (exact) mass is 325 g/mol. The van der Waals surface area contributed by atoms with Gasteiger partial charge in [0, 0.05) is 24.8 Å². The van der Waals surface area contributed by atoms with Gasteiger partial charge in [0.2, 0.25) is 11.8 Å². The number of carbonyl (C=O) groups is 2. The highest BCUT2D eigenvalue weighted by Crippen LogP contribution is 2.14. The highest BCUT2D eigenvalue weighted by Gasteiger charge is 2.02. The Balaban J connectivity index is 1.66. The van der Waals surface area contributed by atoms with Crippen LogP contribution in [0.25, 0.3) is 0 Å². The summed E-state index contributed by atoms with van der Waals surface area (Å²) in [5, 5.41) is 8.66. The first-order valence-electron chi connectivity index (χ1n) is 8.05. The molecule has 0 spiro atoms. The van der Waals surface area contributed by atoms with Crippen molar-refractivity contribution in [3.63, 3.8) is 0 Å². The molecule has 24 heavy (non-hydrogen) atoms. The number of hydrogen-bond acceptors (Lipinski definition) is 3. The third-order valence-corrected chi connectivity index (χ3v) is 3.44. The van der Waals surface area contributed by atoms with Crippen LogP contribution in [0.2, 0.25) is 0 Å². The van der Waals surface area contributed by atoms with E-state index in [-0.39, 0.29) is 18.4 Å². The largest absolute Gasteiger partial charge is 0.376 e. The molecule has 2 amide bonds. The maximum Gasteiger partial charge on any atom is 0.239 e. The van der Waals surface area contributed by atoms with Gasteiger partial charge in [-0.15, -0.1) is 0 Å². The summed E-state index contributed by atoms with van der Waals surface area (Å²) >= 11 is 0. The van der Waals surface area contributed by atoms with Crippen LogP contribution in [0.4, 0.5) is 11.4 Å². The number of nitrogens with one attached hydrogen (secondary N) is 3. The highest BCUT2D eigenvalue weighted by atomic mass is 16.2. The molecule has 0 bridgehead atoms. The number of aryl methyl sites for hydroxylation is 1. The fourth-order valence-electron chi connectivity index (χ4n) is 2.32. The molecule has 0 saturated heterocycles. The van der Waals surface area contributed by atoms with Crippen LogP contribution in [-0.2, 0) is 16.0 Å². The molecule has 2 rings (SSSR count). The van der Waals surface area contributed by atoms with Crippen LogP contribution in [-0.4, -0.2) is 24.9 Å². The molecular formula is C19H23N3O2. The summed E-state index contributed by atoms with van der Waals surface area (Å²) in [5.41, 5.74) is 2.77. The first-order chi connectivity index (χ1) is 11.6. The molecule has 5 nitrogen and oxygen atoms in total. The van der Waals surface area contributed by atoms with Crippen molar-refractivity contribution in [3.05, 3.63) is 60.2 Å². The van der Waals surface area contributed by atoms with Crippen LogP contribution < -0.4 is 16.0 Å². The average Bonchev–Trinajstić information content (AvgIpc) is 2.58. The van der Waals surface area contributed by atoms with Crippen molar-refractivity contribution >= 4 is 23.2 Å². The smallest absolute Gasteiger partial charge is 0.239 e. The maximum absolute atomic E-state index is 11.8. The Hall–Kier alpha value is -2.82. The third-order valence-electron chi connectivity index (χ3n) is 3.44. The van der Waals surface area contributed by atoms with Crippen molar-refractivity contribution < 1.29 is 9.59 Å². The van der Waals surface area contributed by atoms with E-state index >= 15 is 0 Å². The van der Waals surface area contributed by atoms with Gasteiger partial charge in [0.05, 0.1) is 6.54 Å². The van der Waals surface area contributed by atoms with Gasteiger partial charge in [-0.1, -0.05) is 36.4 Å². The number of benzene rings is 2. The Morgan fingerprint density at radius 2 is 1.71 bits per heavy atom. The van der Waals surface area contributed by atoms with Crippen LogP contribution in [0.1, 0.15) is 18.9 Å². The van der Waals surface area contributed by atoms with Gasteiger partial charge in [0.25, 0.3) is 0 Å².